The zero-order valence-electron chi connectivity index (χ0n) is 20.8. The molecule has 2 fully saturated rings. The molecule has 0 aromatic heterocycles. The Bertz CT molecular complexity index is 554. The zero-order valence-corrected chi connectivity index (χ0v) is 20.8. The minimum atomic E-state index is -1.68. The van der Waals surface area contributed by atoms with E-state index in [1.54, 1.807) is 0 Å². The molecule has 0 bridgehead atoms. The maximum Gasteiger partial charge on any atom is 0.187 e. The Labute approximate surface area is 208 Å². The van der Waals surface area contributed by atoms with E-state index in [0.717, 1.165) is 19.3 Å². The quantitative estimate of drug-likeness (QED) is 0.121. The summed E-state index contributed by atoms with van der Waals surface area (Å²) >= 11 is 0. The molecule has 2 saturated heterocycles. The first kappa shape index (κ1) is 30.8. The molecule has 11 heteroatoms. The van der Waals surface area contributed by atoms with Crippen molar-refractivity contribution >= 4 is 0 Å². The lowest BCUT2D eigenvalue weighted by Gasteiger charge is -2.46. The molecule has 11 nitrogen and oxygen atoms in total. The van der Waals surface area contributed by atoms with Crippen LogP contribution in [0.3, 0.4) is 0 Å². The first-order chi connectivity index (χ1) is 16.8. The molecular formula is C24H47NO10. The van der Waals surface area contributed by atoms with Crippen molar-refractivity contribution in [3.05, 3.63) is 0 Å². The van der Waals surface area contributed by atoms with E-state index in [4.69, 9.17) is 14.2 Å². The highest BCUT2D eigenvalue weighted by atomic mass is 16.7. The molecule has 0 radical (unpaired) electrons. The van der Waals surface area contributed by atoms with Crippen LogP contribution in [0, 0.1) is 0 Å². The van der Waals surface area contributed by atoms with E-state index in [-0.39, 0.29) is 0 Å². The molecule has 208 valence electrons. The maximum absolute atomic E-state index is 10.6. The van der Waals surface area contributed by atoms with E-state index in [9.17, 15) is 35.7 Å². The van der Waals surface area contributed by atoms with Gasteiger partial charge in [-0.05, 0) is 13.0 Å². The van der Waals surface area contributed by atoms with Crippen LogP contribution in [-0.2, 0) is 14.2 Å². The highest BCUT2D eigenvalue weighted by Gasteiger charge is 2.50. The number of aliphatic hydroxyl groups excluding tert-OH is 7. The van der Waals surface area contributed by atoms with Gasteiger partial charge in [0.15, 0.2) is 6.29 Å². The molecule has 0 amide bonds. The Morgan fingerprint density at radius 2 is 1.20 bits per heavy atom. The van der Waals surface area contributed by atoms with Crippen molar-refractivity contribution in [2.45, 2.75) is 132 Å². The van der Waals surface area contributed by atoms with Gasteiger partial charge in [-0.25, -0.2) is 0 Å². The van der Waals surface area contributed by atoms with Crippen LogP contribution in [0.25, 0.3) is 0 Å². The van der Waals surface area contributed by atoms with E-state index in [2.05, 4.69) is 12.2 Å². The third-order valence-corrected chi connectivity index (χ3v) is 6.88. The fourth-order valence-electron chi connectivity index (χ4n) is 4.61. The van der Waals surface area contributed by atoms with Crippen molar-refractivity contribution in [1.82, 2.24) is 5.32 Å². The number of aliphatic hydroxyl groups is 7. The Morgan fingerprint density at radius 3 is 1.77 bits per heavy atom. The second-order valence-electron chi connectivity index (χ2n) is 9.69. The maximum atomic E-state index is 10.6. The SMILES string of the molecule is CCCCCCCCCCCCN[C@H]1O[C@H](CO)[C@@H](O[C@@H]2O[C@H](CO)[C@H](O)[C@H](O)[C@H]2O)[C@H](O)[C@H]1O. The summed E-state index contributed by atoms with van der Waals surface area (Å²) < 4.78 is 16.6. The van der Waals surface area contributed by atoms with Gasteiger partial charge >= 0.3 is 0 Å². The average Bonchev–Trinajstić information content (AvgIpc) is 2.86. The average molecular weight is 510 g/mol. The largest absolute Gasteiger partial charge is 0.394 e. The monoisotopic (exact) mass is 509 g/mol. The predicted molar refractivity (Wildman–Crippen MR) is 126 cm³/mol. The van der Waals surface area contributed by atoms with E-state index in [1.807, 2.05) is 0 Å². The Kier molecular flexibility index (Phi) is 14.4. The Balaban J connectivity index is 1.74. The van der Waals surface area contributed by atoms with E-state index in [1.165, 1.54) is 44.9 Å². The Morgan fingerprint density at radius 1 is 0.629 bits per heavy atom. The summed E-state index contributed by atoms with van der Waals surface area (Å²) in [4.78, 5) is 0. The molecule has 0 aromatic rings. The lowest BCUT2D eigenvalue weighted by Crippen LogP contribution is -2.66. The van der Waals surface area contributed by atoms with Gasteiger partial charge in [-0.3, -0.25) is 5.32 Å². The molecule has 10 atom stereocenters. The standard InChI is InChI=1S/C24H47NO10/c1-2-3-4-5-6-7-8-9-10-11-12-25-23-20(31)19(30)22(16(14-27)33-23)35-24-21(32)18(29)17(28)15(13-26)34-24/h15-32H,2-14H2,1H3/t15-,16-,17+,18+,19-,20-,21-,22-,23+,24+/m1/s1. The number of unbranched alkanes of at least 4 members (excludes halogenated alkanes) is 9. The zero-order chi connectivity index (χ0) is 25.8. The lowest BCUT2D eigenvalue weighted by atomic mass is 9.96. The van der Waals surface area contributed by atoms with Crippen molar-refractivity contribution in [3.63, 3.8) is 0 Å². The molecular weight excluding hydrogens is 462 g/mol. The van der Waals surface area contributed by atoms with E-state index >= 15 is 0 Å². The number of rotatable bonds is 16. The molecule has 0 aromatic carbocycles. The third kappa shape index (κ3) is 9.11. The van der Waals surface area contributed by atoms with Gasteiger partial charge in [0.05, 0.1) is 13.2 Å². The van der Waals surface area contributed by atoms with Crippen molar-refractivity contribution in [3.8, 4) is 0 Å². The molecule has 35 heavy (non-hydrogen) atoms. The van der Waals surface area contributed by atoms with Gasteiger partial charge in [-0.1, -0.05) is 64.7 Å². The van der Waals surface area contributed by atoms with E-state index < -0.39 is 74.6 Å². The molecule has 2 aliphatic rings. The van der Waals surface area contributed by atoms with Crippen molar-refractivity contribution in [1.29, 1.82) is 0 Å². The van der Waals surface area contributed by atoms with Crippen LogP contribution in [0.5, 0.6) is 0 Å². The summed E-state index contributed by atoms with van der Waals surface area (Å²) in [6, 6.07) is 0. The molecule has 0 saturated carbocycles. The van der Waals surface area contributed by atoms with E-state index in [0.29, 0.717) is 6.54 Å². The van der Waals surface area contributed by atoms with Gasteiger partial charge in [0.2, 0.25) is 0 Å². The van der Waals surface area contributed by atoms with Gasteiger partial charge < -0.3 is 50.0 Å². The number of hydrogen-bond acceptors (Lipinski definition) is 11. The third-order valence-electron chi connectivity index (χ3n) is 6.88. The molecule has 8 N–H and O–H groups in total. The topological polar surface area (TPSA) is 181 Å². The lowest BCUT2D eigenvalue weighted by molar-refractivity contribution is -0.343. The van der Waals surface area contributed by atoms with Gasteiger partial charge in [0.25, 0.3) is 0 Å². The number of hydrogen-bond donors (Lipinski definition) is 8. The molecule has 0 aliphatic carbocycles. The van der Waals surface area contributed by atoms with Crippen molar-refractivity contribution < 1.29 is 50.0 Å². The number of nitrogens with one attached hydrogen (secondary N) is 1. The van der Waals surface area contributed by atoms with Crippen LogP contribution >= 0.6 is 0 Å². The van der Waals surface area contributed by atoms with Crippen molar-refractivity contribution in [2.24, 2.45) is 0 Å². The van der Waals surface area contributed by atoms with Crippen LogP contribution in [0.15, 0.2) is 0 Å². The fourth-order valence-corrected chi connectivity index (χ4v) is 4.61. The van der Waals surface area contributed by atoms with Crippen LogP contribution in [0.4, 0.5) is 0 Å². The summed E-state index contributed by atoms with van der Waals surface area (Å²) in [6.07, 6.45) is -1.71. The molecule has 0 spiro atoms. The summed E-state index contributed by atoms with van der Waals surface area (Å²) in [5.74, 6) is 0. The van der Waals surface area contributed by atoms with Gasteiger partial charge in [0.1, 0.15) is 55.1 Å². The molecule has 2 aliphatic heterocycles. The second-order valence-corrected chi connectivity index (χ2v) is 9.69. The fraction of sp³-hybridized carbons (Fsp3) is 1.00. The second kappa shape index (κ2) is 16.4. The van der Waals surface area contributed by atoms with Crippen LogP contribution in [0.2, 0.25) is 0 Å². The molecule has 2 heterocycles. The smallest absolute Gasteiger partial charge is 0.187 e. The molecule has 0 unspecified atom stereocenters. The van der Waals surface area contributed by atoms with Crippen LogP contribution in [-0.4, -0.2) is 117 Å². The van der Waals surface area contributed by atoms with Gasteiger partial charge in [-0.2, -0.15) is 0 Å². The summed E-state index contributed by atoms with van der Waals surface area (Å²) in [5, 5.41) is 73.4. The van der Waals surface area contributed by atoms with Gasteiger partial charge in [0, 0.05) is 0 Å². The first-order valence-corrected chi connectivity index (χ1v) is 13.2. The minimum Gasteiger partial charge on any atom is -0.394 e. The highest BCUT2D eigenvalue weighted by molar-refractivity contribution is 4.95. The summed E-state index contributed by atoms with van der Waals surface area (Å²) in [5.41, 5.74) is 0. The van der Waals surface area contributed by atoms with Gasteiger partial charge in [-0.15, -0.1) is 0 Å². The Hall–Kier alpha value is -0.440. The van der Waals surface area contributed by atoms with Crippen LogP contribution < -0.4 is 5.32 Å². The van der Waals surface area contributed by atoms with Crippen molar-refractivity contribution in [2.75, 3.05) is 19.8 Å². The summed E-state index contributed by atoms with van der Waals surface area (Å²) in [7, 11) is 0. The molecule has 2 rings (SSSR count). The van der Waals surface area contributed by atoms with Crippen LogP contribution in [0.1, 0.15) is 71.1 Å². The number of ether oxygens (including phenoxy) is 3. The minimum absolute atomic E-state index is 0.539. The first-order valence-electron chi connectivity index (χ1n) is 13.2. The normalized spacial score (nSPS) is 38.1. The summed E-state index contributed by atoms with van der Waals surface area (Å²) in [6.45, 7) is 1.61. The predicted octanol–water partition coefficient (Wildman–Crippen LogP) is -0.879. The highest BCUT2D eigenvalue weighted by Crippen LogP contribution is 2.28.